The van der Waals surface area contributed by atoms with Crippen LogP contribution in [0.2, 0.25) is 0 Å². The number of fused-ring (bicyclic) bond motifs is 2. The van der Waals surface area contributed by atoms with Gasteiger partial charge in [0.25, 0.3) is 0 Å². The Balaban J connectivity index is 1.47. The minimum absolute atomic E-state index is 0.00749. The fourth-order valence-corrected chi connectivity index (χ4v) is 5.85. The maximum Gasteiger partial charge on any atom is 0.340 e. The highest BCUT2D eigenvalue weighted by molar-refractivity contribution is 5.95. The van der Waals surface area contributed by atoms with Crippen molar-refractivity contribution >= 4 is 16.7 Å². The molecule has 3 heteroatoms. The van der Waals surface area contributed by atoms with Crippen molar-refractivity contribution in [2.45, 2.75) is 70.6 Å². The van der Waals surface area contributed by atoms with Gasteiger partial charge in [-0.2, -0.15) is 0 Å². The molecule has 2 aromatic rings. The quantitative estimate of drug-likeness (QED) is 0.497. The lowest BCUT2D eigenvalue weighted by atomic mass is 9.63. The molecule has 29 heavy (non-hydrogen) atoms. The first-order valence-corrected chi connectivity index (χ1v) is 11.4. The number of hydrogen-bond acceptors (Lipinski definition) is 2. The summed E-state index contributed by atoms with van der Waals surface area (Å²) in [5.41, 5.74) is 1.34. The molecule has 2 saturated carbocycles. The van der Waals surface area contributed by atoms with Crippen molar-refractivity contribution in [3.63, 3.8) is 0 Å². The van der Waals surface area contributed by atoms with E-state index >= 15 is 0 Å². The molecule has 2 fully saturated rings. The van der Waals surface area contributed by atoms with E-state index < -0.39 is 11.8 Å². The summed E-state index contributed by atoms with van der Waals surface area (Å²) in [6.07, 6.45) is 12.2. The Kier molecular flexibility index (Phi) is 6.22. The summed E-state index contributed by atoms with van der Waals surface area (Å²) in [6, 6.07) is 9.44. The predicted molar refractivity (Wildman–Crippen MR) is 116 cm³/mol. The normalized spacial score (nSPS) is 26.9. The van der Waals surface area contributed by atoms with Gasteiger partial charge in [0.15, 0.2) is 0 Å². The lowest BCUT2D eigenvalue weighted by Gasteiger charge is -2.42. The van der Waals surface area contributed by atoms with E-state index in [0.29, 0.717) is 5.92 Å². The lowest BCUT2D eigenvalue weighted by Crippen LogP contribution is -2.30. The molecule has 0 N–H and O–H groups in total. The summed E-state index contributed by atoms with van der Waals surface area (Å²) in [6.45, 7) is 2.29. The van der Waals surface area contributed by atoms with Gasteiger partial charge in [-0.05, 0) is 84.2 Å². The van der Waals surface area contributed by atoms with Crippen molar-refractivity contribution in [1.29, 1.82) is 0 Å². The zero-order valence-corrected chi connectivity index (χ0v) is 17.8. The van der Waals surface area contributed by atoms with Crippen LogP contribution in [-0.4, -0.2) is 13.1 Å². The fraction of sp³-hybridized carbons (Fsp3) is 0.577. The fourth-order valence-electron chi connectivity index (χ4n) is 5.85. The third kappa shape index (κ3) is 4.34. The predicted octanol–water partition coefficient (Wildman–Crippen LogP) is 7.26. The summed E-state index contributed by atoms with van der Waals surface area (Å²) >= 11 is 0. The summed E-state index contributed by atoms with van der Waals surface area (Å²) < 4.78 is 19.1. The van der Waals surface area contributed by atoms with Crippen molar-refractivity contribution in [2.75, 3.05) is 7.11 Å². The van der Waals surface area contributed by atoms with Crippen LogP contribution >= 0.6 is 0 Å². The van der Waals surface area contributed by atoms with E-state index in [1.807, 2.05) is 6.07 Å². The van der Waals surface area contributed by atoms with Crippen LogP contribution in [0, 0.1) is 23.6 Å². The lowest BCUT2D eigenvalue weighted by molar-refractivity contribution is 0.0595. The molecule has 0 radical (unpaired) electrons. The number of benzene rings is 2. The molecule has 156 valence electrons. The number of esters is 1. The van der Waals surface area contributed by atoms with Gasteiger partial charge in [0, 0.05) is 0 Å². The van der Waals surface area contributed by atoms with Crippen LogP contribution in [0.3, 0.4) is 0 Å². The van der Waals surface area contributed by atoms with Gasteiger partial charge in [0.1, 0.15) is 5.82 Å². The topological polar surface area (TPSA) is 26.3 Å². The molecule has 0 bridgehead atoms. The summed E-state index contributed by atoms with van der Waals surface area (Å²) in [5.74, 6) is 2.19. The second-order valence-electron chi connectivity index (χ2n) is 9.28. The molecule has 2 aliphatic rings. The molecule has 0 aliphatic heterocycles. The average Bonchev–Trinajstić information content (AvgIpc) is 2.75. The average molecular weight is 397 g/mol. The van der Waals surface area contributed by atoms with E-state index in [1.54, 1.807) is 6.07 Å². The smallest absolute Gasteiger partial charge is 0.340 e. The molecule has 2 aromatic carbocycles. The molecule has 0 aromatic heterocycles. The van der Waals surface area contributed by atoms with Gasteiger partial charge in [-0.15, -0.1) is 0 Å². The number of carbonyl (C=O) groups is 1. The molecular formula is C26H33FO2. The Morgan fingerprint density at radius 3 is 2.62 bits per heavy atom. The minimum atomic E-state index is -0.624. The Labute approximate surface area is 173 Å². The molecule has 4 rings (SSSR count). The highest BCUT2D eigenvalue weighted by Gasteiger charge is 2.35. The monoisotopic (exact) mass is 396 g/mol. The van der Waals surface area contributed by atoms with Crippen LogP contribution < -0.4 is 0 Å². The number of carbonyl (C=O) groups excluding carboxylic acids is 1. The van der Waals surface area contributed by atoms with Gasteiger partial charge in [-0.25, -0.2) is 9.18 Å². The van der Waals surface area contributed by atoms with Crippen molar-refractivity contribution < 1.29 is 13.9 Å². The van der Waals surface area contributed by atoms with E-state index in [2.05, 4.69) is 23.8 Å². The Morgan fingerprint density at radius 2 is 1.83 bits per heavy atom. The highest BCUT2D eigenvalue weighted by Crippen LogP contribution is 2.48. The van der Waals surface area contributed by atoms with Gasteiger partial charge in [0.2, 0.25) is 0 Å². The van der Waals surface area contributed by atoms with E-state index in [1.165, 1.54) is 76.5 Å². The third-order valence-electron chi connectivity index (χ3n) is 7.51. The van der Waals surface area contributed by atoms with Crippen LogP contribution in [-0.2, 0) is 4.74 Å². The first-order valence-electron chi connectivity index (χ1n) is 11.4. The van der Waals surface area contributed by atoms with Crippen LogP contribution in [0.25, 0.3) is 10.8 Å². The molecular weight excluding hydrogens is 363 g/mol. The standard InChI is InChI=1S/C26H33FO2/c1-3-4-5-17-6-7-19-13-20(9-8-18(19)12-17)21-10-11-22-15-24(26(28)29-2)25(27)16-23(22)14-21/h10-11,14-20H,3-9,12-13H2,1-2H3/t17?,18-,19+,20?/m0/s1. The Hall–Kier alpha value is -1.90. The molecule has 2 nitrogen and oxygen atoms in total. The van der Waals surface area contributed by atoms with Crippen molar-refractivity contribution in [1.82, 2.24) is 0 Å². The number of hydrogen-bond donors (Lipinski definition) is 0. The SMILES string of the molecule is CCCCC1CC[C@@H]2CC(c3ccc4cc(C(=O)OC)c(F)cc4c3)CC[C@H]2C1. The molecule has 4 atom stereocenters. The van der Waals surface area contributed by atoms with Crippen LogP contribution in [0.15, 0.2) is 30.3 Å². The van der Waals surface area contributed by atoms with Crippen molar-refractivity contribution in [3.05, 3.63) is 47.3 Å². The molecule has 0 spiro atoms. The largest absolute Gasteiger partial charge is 0.465 e. The number of halogens is 1. The van der Waals surface area contributed by atoms with E-state index in [0.717, 1.165) is 28.5 Å². The molecule has 2 aliphatic carbocycles. The van der Waals surface area contributed by atoms with Crippen molar-refractivity contribution in [3.8, 4) is 0 Å². The van der Waals surface area contributed by atoms with Gasteiger partial charge in [0.05, 0.1) is 12.7 Å². The second kappa shape index (κ2) is 8.85. The number of methoxy groups -OCH3 is 1. The number of unbranched alkanes of at least 4 members (excludes halogenated alkanes) is 1. The summed E-state index contributed by atoms with van der Waals surface area (Å²) in [7, 11) is 1.28. The van der Waals surface area contributed by atoms with E-state index in [4.69, 9.17) is 0 Å². The summed E-state index contributed by atoms with van der Waals surface area (Å²) in [5, 5.41) is 1.76. The van der Waals surface area contributed by atoms with Crippen LogP contribution in [0.1, 0.15) is 86.6 Å². The molecule has 2 unspecified atom stereocenters. The second-order valence-corrected chi connectivity index (χ2v) is 9.28. The Bertz CT molecular complexity index is 874. The van der Waals surface area contributed by atoms with Crippen molar-refractivity contribution in [2.24, 2.45) is 17.8 Å². The zero-order chi connectivity index (χ0) is 20.4. The maximum atomic E-state index is 14.4. The van der Waals surface area contributed by atoms with Gasteiger partial charge >= 0.3 is 5.97 Å². The molecule has 0 saturated heterocycles. The van der Waals surface area contributed by atoms with Crippen LogP contribution in [0.5, 0.6) is 0 Å². The van der Waals surface area contributed by atoms with Gasteiger partial charge in [-0.3, -0.25) is 0 Å². The maximum absolute atomic E-state index is 14.4. The first-order chi connectivity index (χ1) is 14.1. The minimum Gasteiger partial charge on any atom is -0.465 e. The highest BCUT2D eigenvalue weighted by atomic mass is 19.1. The third-order valence-corrected chi connectivity index (χ3v) is 7.51. The first kappa shape index (κ1) is 20.4. The molecule has 0 heterocycles. The van der Waals surface area contributed by atoms with Gasteiger partial charge < -0.3 is 4.74 Å². The van der Waals surface area contributed by atoms with Gasteiger partial charge in [-0.1, -0.05) is 50.8 Å². The van der Waals surface area contributed by atoms with E-state index in [-0.39, 0.29) is 5.56 Å². The molecule has 0 amide bonds. The number of ether oxygens (including phenoxy) is 1. The Morgan fingerprint density at radius 1 is 1.03 bits per heavy atom. The number of rotatable bonds is 5. The van der Waals surface area contributed by atoms with Crippen LogP contribution in [0.4, 0.5) is 4.39 Å². The zero-order valence-electron chi connectivity index (χ0n) is 17.8. The summed E-state index contributed by atoms with van der Waals surface area (Å²) in [4.78, 5) is 11.7. The van der Waals surface area contributed by atoms with E-state index in [9.17, 15) is 9.18 Å².